The van der Waals surface area contributed by atoms with E-state index in [-0.39, 0.29) is 4.87 Å². The van der Waals surface area contributed by atoms with Crippen LogP contribution in [0.15, 0.2) is 35.1 Å². The summed E-state index contributed by atoms with van der Waals surface area (Å²) < 4.78 is 1.84. The summed E-state index contributed by atoms with van der Waals surface area (Å²) in [5, 5.41) is 0. The largest absolute Gasteiger partial charge is 0.330 e. The number of nitrogens with two attached hydrogens (primary N) is 1. The van der Waals surface area contributed by atoms with Gasteiger partial charge in [-0.1, -0.05) is 41.7 Å². The van der Waals surface area contributed by atoms with E-state index in [1.807, 2.05) is 41.8 Å². The molecule has 0 amide bonds. The van der Waals surface area contributed by atoms with E-state index < -0.39 is 0 Å². The third-order valence-electron chi connectivity index (χ3n) is 2.70. The summed E-state index contributed by atoms with van der Waals surface area (Å²) in [6.45, 7) is 3.30. The van der Waals surface area contributed by atoms with Crippen molar-refractivity contribution in [2.75, 3.05) is 6.54 Å². The Morgan fingerprint density at radius 1 is 1.29 bits per heavy atom. The average Bonchev–Trinajstić information content (AvgIpc) is 2.62. The van der Waals surface area contributed by atoms with Crippen molar-refractivity contribution in [1.29, 1.82) is 0 Å². The summed E-state index contributed by atoms with van der Waals surface area (Å²) in [6.07, 6.45) is 0.829. The van der Waals surface area contributed by atoms with Crippen molar-refractivity contribution in [1.82, 2.24) is 4.57 Å². The number of hydrogen-bond donors (Lipinski definition) is 1. The van der Waals surface area contributed by atoms with E-state index in [4.69, 9.17) is 5.73 Å². The standard InChI is InChI=1S/C13H16N2OS/c1-10-12(11-6-3-2-4-7-11)15(9-5-8-14)13(16)17-10/h2-4,6-7H,5,8-9,14H2,1H3. The van der Waals surface area contributed by atoms with Crippen LogP contribution >= 0.6 is 11.3 Å². The van der Waals surface area contributed by atoms with Gasteiger partial charge in [-0.15, -0.1) is 0 Å². The number of rotatable bonds is 4. The number of thiazole rings is 1. The Balaban J connectivity index is 2.49. The van der Waals surface area contributed by atoms with E-state index >= 15 is 0 Å². The molecule has 0 atom stereocenters. The Morgan fingerprint density at radius 2 is 2.00 bits per heavy atom. The molecule has 1 heterocycles. The van der Waals surface area contributed by atoms with Gasteiger partial charge in [0, 0.05) is 11.4 Å². The summed E-state index contributed by atoms with van der Waals surface area (Å²) in [4.78, 5) is 13.1. The molecule has 90 valence electrons. The molecule has 2 N–H and O–H groups in total. The zero-order valence-corrected chi connectivity index (χ0v) is 10.7. The molecule has 1 aromatic heterocycles. The predicted molar refractivity (Wildman–Crippen MR) is 72.4 cm³/mol. The molecule has 3 nitrogen and oxygen atoms in total. The molecule has 0 radical (unpaired) electrons. The monoisotopic (exact) mass is 248 g/mol. The summed E-state index contributed by atoms with van der Waals surface area (Å²) in [6, 6.07) is 10.0. The highest BCUT2D eigenvalue weighted by Crippen LogP contribution is 2.24. The second-order valence-electron chi connectivity index (χ2n) is 3.93. The first-order valence-electron chi connectivity index (χ1n) is 5.69. The van der Waals surface area contributed by atoms with Crippen molar-refractivity contribution in [3.63, 3.8) is 0 Å². The molecule has 0 unspecified atom stereocenters. The first-order valence-corrected chi connectivity index (χ1v) is 6.51. The molecular formula is C13H16N2OS. The van der Waals surface area contributed by atoms with Crippen LogP contribution in [0.3, 0.4) is 0 Å². The highest BCUT2D eigenvalue weighted by Gasteiger charge is 2.12. The zero-order chi connectivity index (χ0) is 12.3. The zero-order valence-electron chi connectivity index (χ0n) is 9.85. The van der Waals surface area contributed by atoms with Crippen molar-refractivity contribution >= 4 is 11.3 Å². The molecule has 0 fully saturated rings. The van der Waals surface area contributed by atoms with Gasteiger partial charge >= 0.3 is 4.87 Å². The number of hydrogen-bond acceptors (Lipinski definition) is 3. The maximum absolute atomic E-state index is 11.9. The van der Waals surface area contributed by atoms with Crippen LogP contribution in [0, 0.1) is 6.92 Å². The minimum atomic E-state index is 0.106. The molecule has 1 aromatic carbocycles. The molecule has 0 saturated carbocycles. The van der Waals surface area contributed by atoms with Gasteiger partial charge in [0.1, 0.15) is 0 Å². The predicted octanol–water partition coefficient (Wildman–Crippen LogP) is 2.23. The van der Waals surface area contributed by atoms with E-state index in [2.05, 4.69) is 0 Å². The molecule has 0 bridgehead atoms. The first-order chi connectivity index (χ1) is 8.24. The Morgan fingerprint density at radius 3 is 2.65 bits per heavy atom. The van der Waals surface area contributed by atoms with Gasteiger partial charge in [0.05, 0.1) is 5.69 Å². The highest BCUT2D eigenvalue weighted by molar-refractivity contribution is 7.09. The summed E-state index contributed by atoms with van der Waals surface area (Å²) in [7, 11) is 0. The summed E-state index contributed by atoms with van der Waals surface area (Å²) >= 11 is 1.31. The van der Waals surface area contributed by atoms with Gasteiger partial charge in [-0.2, -0.15) is 0 Å². The number of aromatic nitrogens is 1. The lowest BCUT2D eigenvalue weighted by atomic mass is 10.1. The number of aryl methyl sites for hydroxylation is 1. The van der Waals surface area contributed by atoms with Crippen LogP contribution in [0.2, 0.25) is 0 Å². The van der Waals surface area contributed by atoms with Crippen molar-refractivity contribution in [2.24, 2.45) is 5.73 Å². The van der Waals surface area contributed by atoms with Crippen LogP contribution < -0.4 is 10.6 Å². The van der Waals surface area contributed by atoms with Gasteiger partial charge in [-0.3, -0.25) is 9.36 Å². The van der Waals surface area contributed by atoms with E-state index in [0.717, 1.165) is 22.6 Å². The SMILES string of the molecule is Cc1sc(=O)n(CCCN)c1-c1ccccc1. The van der Waals surface area contributed by atoms with E-state index in [1.54, 1.807) is 0 Å². The molecule has 0 saturated heterocycles. The second-order valence-corrected chi connectivity index (χ2v) is 5.10. The average molecular weight is 248 g/mol. The van der Waals surface area contributed by atoms with E-state index in [0.29, 0.717) is 13.1 Å². The fourth-order valence-corrected chi connectivity index (χ4v) is 2.80. The molecule has 0 aliphatic rings. The molecular weight excluding hydrogens is 232 g/mol. The maximum atomic E-state index is 11.9. The van der Waals surface area contributed by atoms with Gasteiger partial charge in [0.2, 0.25) is 0 Å². The van der Waals surface area contributed by atoms with Crippen LogP contribution in [-0.4, -0.2) is 11.1 Å². The van der Waals surface area contributed by atoms with Gasteiger partial charge in [0.25, 0.3) is 0 Å². The number of benzene rings is 1. The van der Waals surface area contributed by atoms with Crippen LogP contribution in [0.4, 0.5) is 0 Å². The molecule has 17 heavy (non-hydrogen) atoms. The second kappa shape index (κ2) is 5.29. The highest BCUT2D eigenvalue weighted by atomic mass is 32.1. The Labute approximate surface area is 105 Å². The van der Waals surface area contributed by atoms with Gasteiger partial charge in [-0.25, -0.2) is 0 Å². The normalized spacial score (nSPS) is 10.7. The fraction of sp³-hybridized carbons (Fsp3) is 0.308. The van der Waals surface area contributed by atoms with Gasteiger partial charge < -0.3 is 5.73 Å². The van der Waals surface area contributed by atoms with E-state index in [1.165, 1.54) is 11.3 Å². The maximum Gasteiger partial charge on any atom is 0.307 e. The summed E-state index contributed by atoms with van der Waals surface area (Å²) in [5.41, 5.74) is 7.64. The third-order valence-corrected chi connectivity index (χ3v) is 3.59. The molecule has 4 heteroatoms. The van der Waals surface area contributed by atoms with Crippen LogP contribution in [0.25, 0.3) is 11.3 Å². The lowest BCUT2D eigenvalue weighted by Crippen LogP contribution is -2.16. The van der Waals surface area contributed by atoms with Gasteiger partial charge in [-0.05, 0) is 25.5 Å². The fourth-order valence-electron chi connectivity index (χ4n) is 1.92. The van der Waals surface area contributed by atoms with E-state index in [9.17, 15) is 4.79 Å². The summed E-state index contributed by atoms with van der Waals surface area (Å²) in [5.74, 6) is 0. The molecule has 0 aliphatic carbocycles. The topological polar surface area (TPSA) is 48.0 Å². The lowest BCUT2D eigenvalue weighted by Gasteiger charge is -2.08. The lowest BCUT2D eigenvalue weighted by molar-refractivity contribution is 0.647. The quantitative estimate of drug-likeness (QED) is 0.902. The van der Waals surface area contributed by atoms with Crippen molar-refractivity contribution in [2.45, 2.75) is 19.9 Å². The van der Waals surface area contributed by atoms with Crippen molar-refractivity contribution in [3.8, 4) is 11.3 Å². The van der Waals surface area contributed by atoms with Crippen molar-refractivity contribution in [3.05, 3.63) is 44.9 Å². The van der Waals surface area contributed by atoms with Crippen LogP contribution in [0.1, 0.15) is 11.3 Å². The first kappa shape index (κ1) is 12.1. The molecule has 2 aromatic rings. The smallest absolute Gasteiger partial charge is 0.307 e. The Bertz CT molecular complexity index is 542. The minimum absolute atomic E-state index is 0.106. The van der Waals surface area contributed by atoms with Crippen molar-refractivity contribution < 1.29 is 0 Å². The van der Waals surface area contributed by atoms with Gasteiger partial charge in [0.15, 0.2) is 0 Å². The third kappa shape index (κ3) is 2.48. The molecule has 0 spiro atoms. The van der Waals surface area contributed by atoms with Crippen LogP contribution in [0.5, 0.6) is 0 Å². The Hall–Kier alpha value is -1.39. The Kier molecular flexibility index (Phi) is 3.76. The number of nitrogens with zero attached hydrogens (tertiary/aromatic N) is 1. The van der Waals surface area contributed by atoms with Crippen LogP contribution in [-0.2, 0) is 6.54 Å². The minimum Gasteiger partial charge on any atom is -0.330 e. The molecule has 2 rings (SSSR count). The molecule has 0 aliphatic heterocycles.